The minimum atomic E-state index is -0.746. The molecule has 9 nitrogen and oxygen atoms in total. The predicted molar refractivity (Wildman–Crippen MR) is 120 cm³/mol. The van der Waals surface area contributed by atoms with E-state index in [2.05, 4.69) is 20.5 Å². The third kappa shape index (κ3) is 5.87. The van der Waals surface area contributed by atoms with Gasteiger partial charge in [-0.2, -0.15) is 0 Å². The van der Waals surface area contributed by atoms with Gasteiger partial charge in [-0.05, 0) is 55.9 Å². The number of aliphatic carboxylic acids is 1. The number of aromatic nitrogens is 3. The maximum atomic E-state index is 12.5. The van der Waals surface area contributed by atoms with E-state index in [9.17, 15) is 9.59 Å². The zero-order chi connectivity index (χ0) is 23.4. The van der Waals surface area contributed by atoms with Crippen LogP contribution in [0.25, 0.3) is 0 Å². The Morgan fingerprint density at radius 2 is 1.97 bits per heavy atom. The van der Waals surface area contributed by atoms with Crippen LogP contribution in [-0.2, 0) is 11.2 Å². The van der Waals surface area contributed by atoms with E-state index in [0.29, 0.717) is 47.8 Å². The van der Waals surface area contributed by atoms with Gasteiger partial charge in [-0.3, -0.25) is 9.59 Å². The van der Waals surface area contributed by atoms with Crippen molar-refractivity contribution in [3.63, 3.8) is 0 Å². The van der Waals surface area contributed by atoms with Gasteiger partial charge in [0.2, 0.25) is 11.7 Å². The van der Waals surface area contributed by atoms with Crippen molar-refractivity contribution in [3.05, 3.63) is 58.6 Å². The van der Waals surface area contributed by atoms with Crippen LogP contribution in [0.3, 0.4) is 0 Å². The number of ether oxygens (including phenoxy) is 1. The molecule has 3 aromatic rings. The number of aryl methyl sites for hydroxylation is 1. The van der Waals surface area contributed by atoms with E-state index in [1.165, 1.54) is 0 Å². The zero-order valence-corrected chi connectivity index (χ0v) is 18.7. The quantitative estimate of drug-likeness (QED) is 0.453. The zero-order valence-electron chi connectivity index (χ0n) is 18.0. The lowest BCUT2D eigenvalue weighted by molar-refractivity contribution is -0.143. The van der Waals surface area contributed by atoms with Gasteiger partial charge in [0.1, 0.15) is 6.10 Å². The Morgan fingerprint density at radius 1 is 1.18 bits per heavy atom. The van der Waals surface area contributed by atoms with E-state index in [4.69, 9.17) is 25.9 Å². The number of anilines is 2. The monoisotopic (exact) mass is 470 g/mol. The summed E-state index contributed by atoms with van der Waals surface area (Å²) in [5.41, 5.74) is 2.30. The maximum Gasteiger partial charge on any atom is 0.320 e. The largest absolute Gasteiger partial charge is 0.481 e. The maximum absolute atomic E-state index is 12.5. The molecule has 1 aliphatic carbocycles. The van der Waals surface area contributed by atoms with Gasteiger partial charge in [0, 0.05) is 29.4 Å². The lowest BCUT2D eigenvalue weighted by atomic mass is 9.87. The number of carboxylic acid groups (broad SMARTS) is 1. The molecule has 0 unspecified atom stereocenters. The first-order chi connectivity index (χ1) is 15.9. The molecule has 1 aliphatic rings. The van der Waals surface area contributed by atoms with E-state index in [-0.39, 0.29) is 36.1 Å². The molecule has 1 aromatic carbocycles. The topological polar surface area (TPSA) is 127 Å². The van der Waals surface area contributed by atoms with Crippen molar-refractivity contribution in [1.82, 2.24) is 15.2 Å². The molecule has 0 radical (unpaired) electrons. The summed E-state index contributed by atoms with van der Waals surface area (Å²) in [5, 5.41) is 20.3. The van der Waals surface area contributed by atoms with E-state index >= 15 is 0 Å². The molecule has 1 saturated carbocycles. The van der Waals surface area contributed by atoms with Gasteiger partial charge in [0.25, 0.3) is 5.89 Å². The van der Waals surface area contributed by atoms with Crippen molar-refractivity contribution < 1.29 is 23.8 Å². The van der Waals surface area contributed by atoms with Crippen molar-refractivity contribution in [2.75, 3.05) is 5.32 Å². The van der Waals surface area contributed by atoms with Crippen LogP contribution in [0.5, 0.6) is 5.88 Å². The highest BCUT2D eigenvalue weighted by Crippen LogP contribution is 2.27. The third-order valence-corrected chi connectivity index (χ3v) is 5.97. The van der Waals surface area contributed by atoms with Gasteiger partial charge in [-0.25, -0.2) is 4.98 Å². The molecule has 0 atom stereocenters. The molecule has 2 N–H and O–H groups in total. The molecule has 0 spiro atoms. The first-order valence-electron chi connectivity index (χ1n) is 10.6. The van der Waals surface area contributed by atoms with Crippen LogP contribution >= 0.6 is 11.6 Å². The molecule has 10 heteroatoms. The molecule has 172 valence electrons. The summed E-state index contributed by atoms with van der Waals surface area (Å²) in [7, 11) is 0. The first-order valence-corrected chi connectivity index (χ1v) is 11.0. The number of benzene rings is 1. The molecular formula is C23H23ClN4O5. The van der Waals surface area contributed by atoms with Gasteiger partial charge in [0.15, 0.2) is 0 Å². The van der Waals surface area contributed by atoms with Gasteiger partial charge in [0.05, 0.1) is 5.92 Å². The van der Waals surface area contributed by atoms with Crippen LogP contribution < -0.4 is 10.1 Å². The number of carboxylic acids is 1. The molecule has 33 heavy (non-hydrogen) atoms. The second kappa shape index (κ2) is 9.99. The summed E-state index contributed by atoms with van der Waals surface area (Å²) < 4.78 is 11.3. The molecule has 2 aromatic heterocycles. The van der Waals surface area contributed by atoms with Crippen molar-refractivity contribution in [2.45, 2.75) is 45.1 Å². The molecule has 0 saturated heterocycles. The van der Waals surface area contributed by atoms with E-state index in [0.717, 1.165) is 5.56 Å². The molecule has 4 rings (SSSR count). The van der Waals surface area contributed by atoms with Crippen LogP contribution in [0.4, 0.5) is 11.7 Å². The molecule has 1 fully saturated rings. The van der Waals surface area contributed by atoms with Gasteiger partial charge in [-0.15, -0.1) is 5.10 Å². The van der Waals surface area contributed by atoms with E-state index in [1.54, 1.807) is 24.4 Å². The van der Waals surface area contributed by atoms with Crippen molar-refractivity contribution >= 4 is 35.1 Å². The average molecular weight is 471 g/mol. The Kier molecular flexibility index (Phi) is 6.88. The molecule has 0 bridgehead atoms. The standard InChI is InChI=1S/C23H23ClN4O5/c1-13-2-6-16(11-18(13)24)26-23-28-27-21(33-23)19(29)10-14-3-9-20(25-12-14)32-17-7-4-15(5-8-17)22(30)31/h2-3,6,9,11-12,15,17H,4-5,7-8,10H2,1H3,(H,26,28)(H,30,31). The average Bonchev–Trinajstić information content (AvgIpc) is 3.27. The number of ketones is 1. The van der Waals surface area contributed by atoms with Gasteiger partial charge < -0.3 is 19.6 Å². The molecule has 0 aliphatic heterocycles. The fraction of sp³-hybridized carbons (Fsp3) is 0.348. The summed E-state index contributed by atoms with van der Waals surface area (Å²) in [6.45, 7) is 1.90. The van der Waals surface area contributed by atoms with Crippen molar-refractivity contribution in [1.29, 1.82) is 0 Å². The lowest BCUT2D eigenvalue weighted by Gasteiger charge is -2.26. The molecule has 2 heterocycles. The van der Waals surface area contributed by atoms with Crippen LogP contribution in [-0.4, -0.2) is 38.1 Å². The van der Waals surface area contributed by atoms with Gasteiger partial charge in [-0.1, -0.05) is 28.8 Å². The number of hydrogen-bond donors (Lipinski definition) is 2. The van der Waals surface area contributed by atoms with E-state index < -0.39 is 5.97 Å². The summed E-state index contributed by atoms with van der Waals surface area (Å²) in [4.78, 5) is 27.8. The Morgan fingerprint density at radius 3 is 2.64 bits per heavy atom. The summed E-state index contributed by atoms with van der Waals surface area (Å²) in [6, 6.07) is 8.96. The number of hydrogen-bond acceptors (Lipinski definition) is 8. The normalized spacial score (nSPS) is 18.0. The fourth-order valence-electron chi connectivity index (χ4n) is 3.63. The van der Waals surface area contributed by atoms with Gasteiger partial charge >= 0.3 is 12.0 Å². The fourth-order valence-corrected chi connectivity index (χ4v) is 3.81. The Hall–Kier alpha value is -3.46. The summed E-state index contributed by atoms with van der Waals surface area (Å²) >= 11 is 6.11. The molecule has 0 amide bonds. The number of Topliss-reactive ketones (excluding diaryl/α,β-unsaturated/α-hetero) is 1. The number of halogens is 1. The second-order valence-electron chi connectivity index (χ2n) is 8.04. The highest BCUT2D eigenvalue weighted by Gasteiger charge is 2.27. The number of carbonyl (C=O) groups is 2. The smallest absolute Gasteiger partial charge is 0.320 e. The highest BCUT2D eigenvalue weighted by atomic mass is 35.5. The first kappa shape index (κ1) is 22.7. The Balaban J connectivity index is 1.30. The Labute approximate surface area is 195 Å². The molecular weight excluding hydrogens is 448 g/mol. The Bertz CT molecular complexity index is 1140. The number of nitrogens with one attached hydrogen (secondary N) is 1. The SMILES string of the molecule is Cc1ccc(Nc2nnc(C(=O)Cc3ccc(OC4CCC(C(=O)O)CC4)nc3)o2)cc1Cl. The van der Waals surface area contributed by atoms with Crippen LogP contribution in [0.15, 0.2) is 40.9 Å². The van der Waals surface area contributed by atoms with Crippen molar-refractivity contribution in [3.8, 4) is 5.88 Å². The highest BCUT2D eigenvalue weighted by molar-refractivity contribution is 6.31. The minimum absolute atomic E-state index is 0.0479. The summed E-state index contributed by atoms with van der Waals surface area (Å²) in [6.07, 6.45) is 4.14. The number of carbonyl (C=O) groups excluding carboxylic acids is 1. The van der Waals surface area contributed by atoms with Crippen molar-refractivity contribution in [2.24, 2.45) is 5.92 Å². The number of rotatable bonds is 8. The number of nitrogens with zero attached hydrogens (tertiary/aromatic N) is 3. The van der Waals surface area contributed by atoms with Crippen LogP contribution in [0.1, 0.15) is 47.5 Å². The predicted octanol–water partition coefficient (Wildman–Crippen LogP) is 4.62. The van der Waals surface area contributed by atoms with Crippen LogP contribution in [0.2, 0.25) is 5.02 Å². The summed E-state index contributed by atoms with van der Waals surface area (Å²) in [5.74, 6) is -1.03. The second-order valence-corrected chi connectivity index (χ2v) is 8.44. The third-order valence-electron chi connectivity index (χ3n) is 5.56. The van der Waals surface area contributed by atoms with Crippen LogP contribution in [0, 0.1) is 12.8 Å². The van der Waals surface area contributed by atoms with E-state index in [1.807, 2.05) is 19.1 Å². The minimum Gasteiger partial charge on any atom is -0.481 e. The number of pyridine rings is 1. The lowest BCUT2D eigenvalue weighted by Crippen LogP contribution is -2.28.